The van der Waals surface area contributed by atoms with Crippen LogP contribution in [0.1, 0.15) is 0 Å². The average Bonchev–Trinajstić information content (AvgIpc) is 2.86. The molecule has 0 radical (unpaired) electrons. The first-order valence-electron chi connectivity index (χ1n) is 6.42. The smallest absolute Gasteiger partial charge is 0.244 e. The summed E-state index contributed by atoms with van der Waals surface area (Å²) >= 11 is 9.57. The Morgan fingerprint density at radius 1 is 1.14 bits per heavy atom. The standard InChI is InChI=1S/C16H12BrClN2O/c17-12-4-6-13(7-5-12)19-15(21)10-20-9-8-11-2-1-3-14(18)16(11)20/h1-9H,10H2,(H,19,21). The molecular weight excluding hydrogens is 352 g/mol. The minimum absolute atomic E-state index is 0.0882. The summed E-state index contributed by atoms with van der Waals surface area (Å²) in [5, 5.41) is 4.54. The van der Waals surface area contributed by atoms with E-state index in [1.165, 1.54) is 0 Å². The molecule has 3 rings (SSSR count). The van der Waals surface area contributed by atoms with Crippen LogP contribution in [0.3, 0.4) is 0 Å². The van der Waals surface area contributed by atoms with Crippen LogP contribution < -0.4 is 5.32 Å². The lowest BCUT2D eigenvalue weighted by Crippen LogP contribution is -2.18. The van der Waals surface area contributed by atoms with Gasteiger partial charge in [0.15, 0.2) is 0 Å². The number of amides is 1. The maximum Gasteiger partial charge on any atom is 0.244 e. The third-order valence-electron chi connectivity index (χ3n) is 3.18. The van der Waals surface area contributed by atoms with Crippen LogP contribution in [0.2, 0.25) is 5.02 Å². The van der Waals surface area contributed by atoms with E-state index in [0.717, 1.165) is 21.1 Å². The second-order valence-electron chi connectivity index (χ2n) is 4.68. The largest absolute Gasteiger partial charge is 0.337 e. The maximum atomic E-state index is 12.1. The number of aromatic nitrogens is 1. The summed E-state index contributed by atoms with van der Waals surface area (Å²) in [5.74, 6) is -0.0882. The summed E-state index contributed by atoms with van der Waals surface area (Å²) in [6.45, 7) is 0.225. The van der Waals surface area contributed by atoms with Crippen molar-refractivity contribution in [3.05, 3.63) is 64.2 Å². The van der Waals surface area contributed by atoms with Crippen molar-refractivity contribution in [2.75, 3.05) is 5.32 Å². The highest BCUT2D eigenvalue weighted by Gasteiger charge is 2.09. The normalized spacial score (nSPS) is 10.8. The molecule has 1 aromatic heterocycles. The minimum atomic E-state index is -0.0882. The molecule has 0 atom stereocenters. The fourth-order valence-corrected chi connectivity index (χ4v) is 2.79. The van der Waals surface area contributed by atoms with Gasteiger partial charge < -0.3 is 9.88 Å². The Morgan fingerprint density at radius 3 is 2.67 bits per heavy atom. The number of hydrogen-bond acceptors (Lipinski definition) is 1. The Balaban J connectivity index is 1.79. The zero-order valence-electron chi connectivity index (χ0n) is 11.0. The van der Waals surface area contributed by atoms with Crippen molar-refractivity contribution in [2.24, 2.45) is 0 Å². The van der Waals surface area contributed by atoms with Gasteiger partial charge >= 0.3 is 0 Å². The molecule has 2 aromatic carbocycles. The molecule has 3 aromatic rings. The third kappa shape index (κ3) is 3.12. The second-order valence-corrected chi connectivity index (χ2v) is 6.00. The molecule has 0 unspecified atom stereocenters. The number of carbonyl (C=O) groups excluding carboxylic acids is 1. The topological polar surface area (TPSA) is 34.0 Å². The van der Waals surface area contributed by atoms with E-state index in [9.17, 15) is 4.79 Å². The minimum Gasteiger partial charge on any atom is -0.337 e. The van der Waals surface area contributed by atoms with Crippen LogP contribution in [-0.2, 0) is 11.3 Å². The van der Waals surface area contributed by atoms with Gasteiger partial charge in [-0.3, -0.25) is 4.79 Å². The molecule has 0 spiro atoms. The second kappa shape index (κ2) is 5.92. The molecular formula is C16H12BrClN2O. The summed E-state index contributed by atoms with van der Waals surface area (Å²) in [6, 6.07) is 15.1. The first-order valence-corrected chi connectivity index (χ1v) is 7.59. The summed E-state index contributed by atoms with van der Waals surface area (Å²) in [5.41, 5.74) is 1.65. The predicted octanol–water partition coefficient (Wildman–Crippen LogP) is 4.70. The quantitative estimate of drug-likeness (QED) is 0.719. The Bertz CT molecular complexity index is 796. The highest BCUT2D eigenvalue weighted by Crippen LogP contribution is 2.24. The fourth-order valence-electron chi connectivity index (χ4n) is 2.23. The summed E-state index contributed by atoms with van der Waals surface area (Å²) in [4.78, 5) is 12.1. The first kappa shape index (κ1) is 14.2. The number of nitrogens with one attached hydrogen (secondary N) is 1. The molecule has 21 heavy (non-hydrogen) atoms. The van der Waals surface area contributed by atoms with Gasteiger partial charge in [-0.05, 0) is 36.4 Å². The number of halogens is 2. The Labute approximate surface area is 135 Å². The molecule has 1 N–H and O–H groups in total. The van der Waals surface area contributed by atoms with Crippen LogP contribution in [-0.4, -0.2) is 10.5 Å². The molecule has 3 nitrogen and oxygen atoms in total. The van der Waals surface area contributed by atoms with Crippen molar-refractivity contribution in [1.82, 2.24) is 4.57 Å². The fraction of sp³-hybridized carbons (Fsp3) is 0.0625. The lowest BCUT2D eigenvalue weighted by molar-refractivity contribution is -0.116. The number of anilines is 1. The van der Waals surface area contributed by atoms with Crippen molar-refractivity contribution in [3.63, 3.8) is 0 Å². The number of rotatable bonds is 3. The number of hydrogen-bond donors (Lipinski definition) is 1. The molecule has 0 bridgehead atoms. The van der Waals surface area contributed by atoms with Crippen LogP contribution in [0, 0.1) is 0 Å². The van der Waals surface area contributed by atoms with E-state index in [1.807, 2.05) is 59.3 Å². The SMILES string of the molecule is O=C(Cn1ccc2cccc(Cl)c21)Nc1ccc(Br)cc1. The number of carbonyl (C=O) groups is 1. The van der Waals surface area contributed by atoms with Gasteiger partial charge in [0.2, 0.25) is 5.91 Å². The van der Waals surface area contributed by atoms with Gasteiger partial charge in [-0.15, -0.1) is 0 Å². The highest BCUT2D eigenvalue weighted by atomic mass is 79.9. The lowest BCUT2D eigenvalue weighted by Gasteiger charge is -2.08. The zero-order chi connectivity index (χ0) is 14.8. The molecule has 0 aliphatic heterocycles. The van der Waals surface area contributed by atoms with Gasteiger partial charge in [0.1, 0.15) is 6.54 Å². The molecule has 0 fully saturated rings. The number of nitrogens with zero attached hydrogens (tertiary/aromatic N) is 1. The molecule has 0 aliphatic carbocycles. The summed E-state index contributed by atoms with van der Waals surface area (Å²) < 4.78 is 2.83. The molecule has 0 saturated heterocycles. The van der Waals surface area contributed by atoms with Gasteiger partial charge in [0, 0.05) is 21.7 Å². The van der Waals surface area contributed by atoms with Crippen LogP contribution in [0.25, 0.3) is 10.9 Å². The molecule has 0 aliphatic rings. The Morgan fingerprint density at radius 2 is 1.90 bits per heavy atom. The maximum absolute atomic E-state index is 12.1. The van der Waals surface area contributed by atoms with Crippen molar-refractivity contribution in [1.29, 1.82) is 0 Å². The molecule has 5 heteroatoms. The van der Waals surface area contributed by atoms with Crippen LogP contribution in [0.4, 0.5) is 5.69 Å². The number of fused-ring (bicyclic) bond motifs is 1. The Hall–Kier alpha value is -1.78. The van der Waals surface area contributed by atoms with Crippen molar-refractivity contribution in [2.45, 2.75) is 6.54 Å². The summed E-state index contributed by atoms with van der Waals surface area (Å²) in [7, 11) is 0. The van der Waals surface area contributed by atoms with E-state index in [-0.39, 0.29) is 12.5 Å². The third-order valence-corrected chi connectivity index (χ3v) is 4.01. The van der Waals surface area contributed by atoms with Crippen LogP contribution in [0.15, 0.2) is 59.2 Å². The van der Waals surface area contributed by atoms with Gasteiger partial charge in [-0.2, -0.15) is 0 Å². The van der Waals surface area contributed by atoms with Crippen molar-refractivity contribution >= 4 is 50.0 Å². The van der Waals surface area contributed by atoms with E-state index in [4.69, 9.17) is 11.6 Å². The number of benzene rings is 2. The van der Waals surface area contributed by atoms with Crippen molar-refractivity contribution in [3.8, 4) is 0 Å². The lowest BCUT2D eigenvalue weighted by atomic mass is 10.2. The van der Waals surface area contributed by atoms with Gasteiger partial charge in [0.05, 0.1) is 10.5 Å². The van der Waals surface area contributed by atoms with E-state index in [0.29, 0.717) is 5.02 Å². The summed E-state index contributed by atoms with van der Waals surface area (Å²) in [6.07, 6.45) is 1.87. The van der Waals surface area contributed by atoms with Gasteiger partial charge in [-0.1, -0.05) is 39.7 Å². The first-order chi connectivity index (χ1) is 10.1. The van der Waals surface area contributed by atoms with Gasteiger partial charge in [-0.25, -0.2) is 0 Å². The molecule has 0 saturated carbocycles. The zero-order valence-corrected chi connectivity index (χ0v) is 13.4. The van der Waals surface area contributed by atoms with E-state index >= 15 is 0 Å². The monoisotopic (exact) mass is 362 g/mol. The van der Waals surface area contributed by atoms with Crippen LogP contribution >= 0.6 is 27.5 Å². The van der Waals surface area contributed by atoms with E-state index in [1.54, 1.807) is 0 Å². The van der Waals surface area contributed by atoms with Gasteiger partial charge in [0.25, 0.3) is 0 Å². The predicted molar refractivity (Wildman–Crippen MR) is 89.7 cm³/mol. The van der Waals surface area contributed by atoms with E-state index < -0.39 is 0 Å². The highest BCUT2D eigenvalue weighted by molar-refractivity contribution is 9.10. The molecule has 1 amide bonds. The van der Waals surface area contributed by atoms with Crippen molar-refractivity contribution < 1.29 is 4.79 Å². The van der Waals surface area contributed by atoms with Crippen LogP contribution in [0.5, 0.6) is 0 Å². The van der Waals surface area contributed by atoms with E-state index in [2.05, 4.69) is 21.2 Å². The number of para-hydroxylation sites is 1. The Kier molecular flexibility index (Phi) is 3.99. The molecule has 1 heterocycles. The average molecular weight is 364 g/mol. The molecule has 106 valence electrons.